The lowest BCUT2D eigenvalue weighted by Crippen LogP contribution is -2.45. The molecule has 4 aromatic rings. The molecule has 154 valence electrons. The van der Waals surface area contributed by atoms with E-state index in [2.05, 4.69) is 10.1 Å². The molecule has 6 nitrogen and oxygen atoms in total. The third-order valence-electron chi connectivity index (χ3n) is 5.31. The van der Waals surface area contributed by atoms with E-state index in [1.54, 1.807) is 30.3 Å². The summed E-state index contributed by atoms with van der Waals surface area (Å²) in [6.07, 6.45) is -4.30. The molecule has 0 saturated heterocycles. The molecule has 0 fully saturated rings. The summed E-state index contributed by atoms with van der Waals surface area (Å²) in [6, 6.07) is 14.0. The van der Waals surface area contributed by atoms with Gasteiger partial charge in [-0.15, -0.1) is 0 Å². The molecule has 2 aromatic heterocycles. The Bertz CT molecular complexity index is 1210. The van der Waals surface area contributed by atoms with E-state index in [-0.39, 0.29) is 16.8 Å². The van der Waals surface area contributed by atoms with Crippen LogP contribution in [0.1, 0.15) is 22.6 Å². The van der Waals surface area contributed by atoms with Gasteiger partial charge in [0.2, 0.25) is 5.76 Å². The van der Waals surface area contributed by atoms with Crippen LogP contribution in [0.25, 0.3) is 10.9 Å². The molecule has 0 saturated carbocycles. The van der Waals surface area contributed by atoms with Gasteiger partial charge in [0, 0.05) is 23.5 Å². The molecule has 0 aliphatic heterocycles. The van der Waals surface area contributed by atoms with Crippen LogP contribution in [0.3, 0.4) is 0 Å². The minimum absolute atomic E-state index is 0.0415. The van der Waals surface area contributed by atoms with Crippen molar-refractivity contribution in [2.24, 2.45) is 0 Å². The number of nitrogens with one attached hydrogen (secondary N) is 1. The first-order chi connectivity index (χ1) is 14.3. The quantitative estimate of drug-likeness (QED) is 0.346. The SMILES string of the molecule is Cc1noc(CC(c2ccccc2)(c2c[nH]c3ccccc23)C(F)(F)F)c1[N+](=O)[O-]. The van der Waals surface area contributed by atoms with Crippen LogP contribution in [0.15, 0.2) is 65.3 Å². The van der Waals surface area contributed by atoms with Crippen molar-refractivity contribution in [1.82, 2.24) is 10.1 Å². The van der Waals surface area contributed by atoms with E-state index in [9.17, 15) is 23.3 Å². The zero-order chi connectivity index (χ0) is 21.5. The minimum Gasteiger partial charge on any atom is -0.361 e. The fraction of sp³-hybridized carbons (Fsp3) is 0.190. The smallest absolute Gasteiger partial charge is 0.361 e. The zero-order valence-corrected chi connectivity index (χ0v) is 15.7. The van der Waals surface area contributed by atoms with E-state index < -0.39 is 34.4 Å². The van der Waals surface area contributed by atoms with Crippen LogP contribution in [0.5, 0.6) is 0 Å². The zero-order valence-electron chi connectivity index (χ0n) is 15.7. The highest BCUT2D eigenvalue weighted by Gasteiger charge is 2.59. The number of rotatable bonds is 5. The van der Waals surface area contributed by atoms with Gasteiger partial charge in [-0.05, 0) is 24.1 Å². The molecular formula is C21H16F3N3O3. The molecule has 0 aliphatic rings. The summed E-state index contributed by atoms with van der Waals surface area (Å²) in [5, 5.41) is 15.4. The molecule has 30 heavy (non-hydrogen) atoms. The lowest BCUT2D eigenvalue weighted by molar-refractivity contribution is -0.386. The fourth-order valence-electron chi connectivity index (χ4n) is 3.92. The number of fused-ring (bicyclic) bond motifs is 1. The van der Waals surface area contributed by atoms with Crippen LogP contribution in [-0.4, -0.2) is 21.2 Å². The Morgan fingerprint density at radius 2 is 1.77 bits per heavy atom. The van der Waals surface area contributed by atoms with E-state index in [4.69, 9.17) is 4.52 Å². The van der Waals surface area contributed by atoms with E-state index >= 15 is 0 Å². The molecule has 1 N–H and O–H groups in total. The largest absolute Gasteiger partial charge is 0.402 e. The molecule has 0 bridgehead atoms. The van der Waals surface area contributed by atoms with Crippen LogP contribution < -0.4 is 0 Å². The highest BCUT2D eigenvalue weighted by molar-refractivity contribution is 5.85. The monoisotopic (exact) mass is 415 g/mol. The van der Waals surface area contributed by atoms with E-state index in [1.165, 1.54) is 37.4 Å². The maximum Gasteiger partial charge on any atom is 0.402 e. The summed E-state index contributed by atoms with van der Waals surface area (Å²) in [5.74, 6) is -0.427. The van der Waals surface area contributed by atoms with Crippen molar-refractivity contribution >= 4 is 16.6 Å². The van der Waals surface area contributed by atoms with Crippen molar-refractivity contribution in [3.05, 3.63) is 93.5 Å². The molecule has 0 amide bonds. The molecule has 0 aliphatic carbocycles. The Hall–Kier alpha value is -3.62. The van der Waals surface area contributed by atoms with Gasteiger partial charge in [-0.2, -0.15) is 13.2 Å². The van der Waals surface area contributed by atoms with Crippen molar-refractivity contribution in [3.8, 4) is 0 Å². The first-order valence-corrected chi connectivity index (χ1v) is 9.04. The van der Waals surface area contributed by atoms with Crippen LogP contribution >= 0.6 is 0 Å². The highest BCUT2D eigenvalue weighted by Crippen LogP contribution is 2.51. The molecule has 1 atom stereocenters. The summed E-state index contributed by atoms with van der Waals surface area (Å²) in [6.45, 7) is 1.33. The number of halogens is 3. The number of nitro groups is 1. The Morgan fingerprint density at radius 1 is 1.10 bits per heavy atom. The number of hydrogen-bond donors (Lipinski definition) is 1. The fourth-order valence-corrected chi connectivity index (χ4v) is 3.92. The van der Waals surface area contributed by atoms with Crippen molar-refractivity contribution in [1.29, 1.82) is 0 Å². The van der Waals surface area contributed by atoms with Gasteiger partial charge >= 0.3 is 11.9 Å². The average Bonchev–Trinajstić information content (AvgIpc) is 3.29. The molecule has 0 radical (unpaired) electrons. The number of para-hydroxylation sites is 1. The molecule has 2 heterocycles. The lowest BCUT2D eigenvalue weighted by atomic mass is 9.70. The van der Waals surface area contributed by atoms with Crippen molar-refractivity contribution in [2.45, 2.75) is 24.9 Å². The van der Waals surface area contributed by atoms with Gasteiger partial charge in [-0.3, -0.25) is 10.1 Å². The van der Waals surface area contributed by atoms with Crippen LogP contribution in [-0.2, 0) is 11.8 Å². The first kappa shape index (κ1) is 19.7. The van der Waals surface area contributed by atoms with Crippen molar-refractivity contribution in [3.63, 3.8) is 0 Å². The first-order valence-electron chi connectivity index (χ1n) is 9.04. The van der Waals surface area contributed by atoms with Gasteiger partial charge in [0.15, 0.2) is 5.69 Å². The van der Waals surface area contributed by atoms with E-state index in [1.807, 2.05) is 0 Å². The summed E-state index contributed by atoms with van der Waals surface area (Å²) in [7, 11) is 0. The molecule has 4 rings (SSSR count). The number of aromatic amines is 1. The standard InChI is InChI=1S/C21H16F3N3O3/c1-13-19(27(28)29)18(30-26-13)11-20(21(22,23)24,14-7-3-2-4-8-14)16-12-25-17-10-6-5-9-15(16)17/h2-10,12,25H,11H2,1H3. The van der Waals surface area contributed by atoms with Gasteiger partial charge < -0.3 is 9.51 Å². The van der Waals surface area contributed by atoms with Crippen LogP contribution in [0.2, 0.25) is 0 Å². The number of nitrogens with zero attached hydrogens (tertiary/aromatic N) is 2. The predicted molar refractivity (Wildman–Crippen MR) is 103 cm³/mol. The molecule has 9 heteroatoms. The summed E-state index contributed by atoms with van der Waals surface area (Å²) < 4.78 is 49.8. The second-order valence-electron chi connectivity index (χ2n) is 6.99. The molecule has 2 aromatic carbocycles. The Labute approximate surface area is 168 Å². The number of aryl methyl sites for hydroxylation is 1. The third-order valence-corrected chi connectivity index (χ3v) is 5.31. The highest BCUT2D eigenvalue weighted by atomic mass is 19.4. The average molecular weight is 415 g/mol. The Kier molecular flexibility index (Phi) is 4.60. The number of H-pyrrole nitrogens is 1. The van der Waals surface area contributed by atoms with Gasteiger partial charge in [-0.25, -0.2) is 0 Å². The van der Waals surface area contributed by atoms with Crippen LogP contribution in [0.4, 0.5) is 18.9 Å². The number of alkyl halides is 3. The summed E-state index contributed by atoms with van der Waals surface area (Å²) in [4.78, 5) is 13.6. The summed E-state index contributed by atoms with van der Waals surface area (Å²) >= 11 is 0. The van der Waals surface area contributed by atoms with Crippen LogP contribution in [0, 0.1) is 17.0 Å². The second kappa shape index (κ2) is 7.01. The molecule has 1 unspecified atom stereocenters. The van der Waals surface area contributed by atoms with Gasteiger partial charge in [-0.1, -0.05) is 53.7 Å². The Balaban J connectivity index is 2.06. The molecular weight excluding hydrogens is 399 g/mol. The lowest BCUT2D eigenvalue weighted by Gasteiger charge is -2.35. The maximum absolute atomic E-state index is 14.9. The normalized spacial score (nSPS) is 14.0. The van der Waals surface area contributed by atoms with Gasteiger partial charge in [0.25, 0.3) is 0 Å². The van der Waals surface area contributed by atoms with E-state index in [0.717, 1.165) is 0 Å². The Morgan fingerprint density at radius 3 is 2.43 bits per heavy atom. The maximum atomic E-state index is 14.9. The third kappa shape index (κ3) is 2.94. The van der Waals surface area contributed by atoms with Crippen molar-refractivity contribution < 1.29 is 22.6 Å². The number of hydrogen-bond acceptors (Lipinski definition) is 4. The van der Waals surface area contributed by atoms with Gasteiger partial charge in [0.1, 0.15) is 5.41 Å². The topological polar surface area (TPSA) is 85.0 Å². The minimum atomic E-state index is -4.80. The van der Waals surface area contributed by atoms with E-state index in [0.29, 0.717) is 10.9 Å². The predicted octanol–water partition coefficient (Wildman–Crippen LogP) is 5.46. The number of benzene rings is 2. The van der Waals surface area contributed by atoms with Gasteiger partial charge in [0.05, 0.1) is 4.92 Å². The number of aromatic nitrogens is 2. The second-order valence-corrected chi connectivity index (χ2v) is 6.99. The van der Waals surface area contributed by atoms with Crippen molar-refractivity contribution in [2.75, 3.05) is 0 Å². The summed E-state index contributed by atoms with van der Waals surface area (Å²) in [5.41, 5.74) is -2.77. The molecule has 0 spiro atoms.